The zero-order chi connectivity index (χ0) is 39.8. The zero-order valence-electron chi connectivity index (χ0n) is 34.3. The summed E-state index contributed by atoms with van der Waals surface area (Å²) in [5, 5.41) is 0. The van der Waals surface area contributed by atoms with E-state index < -0.39 is 0 Å². The fourth-order valence-electron chi connectivity index (χ4n) is 4.96. The first-order valence-electron chi connectivity index (χ1n) is 20.9. The van der Waals surface area contributed by atoms with Crippen LogP contribution in [0.25, 0.3) is 0 Å². The van der Waals surface area contributed by atoms with Gasteiger partial charge >= 0.3 is 11.9 Å². The van der Waals surface area contributed by atoms with Crippen LogP contribution in [0.2, 0.25) is 0 Å². The lowest BCUT2D eigenvalue weighted by Crippen LogP contribution is -2.15. The molecule has 0 rings (SSSR count). The van der Waals surface area contributed by atoms with Crippen LogP contribution in [0.4, 0.5) is 0 Å². The Morgan fingerprint density at radius 2 is 0.491 bits per heavy atom. The quantitative estimate of drug-likeness (QED) is 0.0362. The van der Waals surface area contributed by atoms with Crippen LogP contribution in [0, 0.1) is 0 Å². The van der Waals surface area contributed by atoms with Crippen molar-refractivity contribution >= 4 is 11.9 Å². The van der Waals surface area contributed by atoms with Crippen LogP contribution in [-0.2, 0) is 61.7 Å². The van der Waals surface area contributed by atoms with Crippen LogP contribution in [0.15, 0.2) is 25.3 Å². The number of unbranched alkanes of at least 4 members (excludes halogenated alkanes) is 12. The zero-order valence-corrected chi connectivity index (χ0v) is 34.3. The lowest BCUT2D eigenvalue weighted by Gasteiger charge is -2.09. The molecule has 0 saturated heterocycles. The molecule has 0 N–H and O–H groups in total. The molecule has 0 radical (unpaired) electrons. The maximum atomic E-state index is 11.8. The Bertz CT molecular complexity index is 750. The molecule has 0 unspecified atom stereocenters. The van der Waals surface area contributed by atoms with Gasteiger partial charge in [0.05, 0.1) is 119 Å². The molecule has 0 aromatic rings. The van der Waals surface area contributed by atoms with E-state index in [9.17, 15) is 9.59 Å². The smallest absolute Gasteiger partial charge is 0.305 e. The predicted octanol–water partition coefficient (Wildman–Crippen LogP) is 6.84. The summed E-state index contributed by atoms with van der Waals surface area (Å²) in [5.41, 5.74) is 0. The van der Waals surface area contributed by atoms with Gasteiger partial charge < -0.3 is 52.1 Å². The Balaban J connectivity index is 3.15. The van der Waals surface area contributed by atoms with E-state index in [0.717, 1.165) is 38.5 Å². The van der Waals surface area contributed by atoms with Crippen LogP contribution >= 0.6 is 0 Å². The summed E-state index contributed by atoms with van der Waals surface area (Å²) in [6.45, 7) is 16.4. The highest BCUT2D eigenvalue weighted by Crippen LogP contribution is 2.10. The lowest BCUT2D eigenvalue weighted by molar-refractivity contribution is -0.146. The summed E-state index contributed by atoms with van der Waals surface area (Å²) < 4.78 is 59.7. The molecule has 0 aromatic carbocycles. The van der Waals surface area contributed by atoms with Crippen molar-refractivity contribution in [3.05, 3.63) is 25.3 Å². The SMILES string of the molecule is C=CCCCCCCCCC(=O)OCCOCCOCCOCCOCCOCCOCCOCCOCCOCCOC(=O)CCCCCCCCC=C. The number of hydrogen-bond donors (Lipinski definition) is 0. The molecule has 13 nitrogen and oxygen atoms in total. The van der Waals surface area contributed by atoms with Gasteiger partial charge in [-0.2, -0.15) is 0 Å². The Morgan fingerprint density at radius 1 is 0.291 bits per heavy atom. The summed E-state index contributed by atoms with van der Waals surface area (Å²) in [6, 6.07) is 0. The van der Waals surface area contributed by atoms with Gasteiger partial charge in [-0.1, -0.05) is 63.5 Å². The van der Waals surface area contributed by atoms with E-state index in [1.165, 1.54) is 51.4 Å². The summed E-state index contributed by atoms with van der Waals surface area (Å²) in [7, 11) is 0. The second-order valence-corrected chi connectivity index (χ2v) is 12.8. The van der Waals surface area contributed by atoms with Gasteiger partial charge in [-0.15, -0.1) is 13.2 Å². The molecule has 0 saturated carbocycles. The van der Waals surface area contributed by atoms with Gasteiger partial charge in [0.25, 0.3) is 0 Å². The van der Waals surface area contributed by atoms with Gasteiger partial charge in [0.15, 0.2) is 0 Å². The van der Waals surface area contributed by atoms with Gasteiger partial charge in [-0.25, -0.2) is 0 Å². The third-order valence-corrected chi connectivity index (χ3v) is 8.04. The Morgan fingerprint density at radius 3 is 0.727 bits per heavy atom. The van der Waals surface area contributed by atoms with E-state index in [4.69, 9.17) is 52.1 Å². The fourth-order valence-corrected chi connectivity index (χ4v) is 4.96. The normalized spacial score (nSPS) is 11.2. The highest BCUT2D eigenvalue weighted by molar-refractivity contribution is 5.69. The molecule has 0 aliphatic carbocycles. The van der Waals surface area contributed by atoms with Crippen molar-refractivity contribution in [1.82, 2.24) is 0 Å². The van der Waals surface area contributed by atoms with Crippen molar-refractivity contribution in [1.29, 1.82) is 0 Å². The van der Waals surface area contributed by atoms with E-state index in [0.29, 0.717) is 132 Å². The van der Waals surface area contributed by atoms with Gasteiger partial charge in [0.1, 0.15) is 13.2 Å². The number of carbonyl (C=O) groups excluding carboxylic acids is 2. The third-order valence-electron chi connectivity index (χ3n) is 8.04. The molecule has 55 heavy (non-hydrogen) atoms. The van der Waals surface area contributed by atoms with Gasteiger partial charge in [0.2, 0.25) is 0 Å². The van der Waals surface area contributed by atoms with Crippen LogP contribution in [0.3, 0.4) is 0 Å². The number of carbonyl (C=O) groups is 2. The van der Waals surface area contributed by atoms with Gasteiger partial charge in [0, 0.05) is 12.8 Å². The first-order valence-corrected chi connectivity index (χ1v) is 20.9. The van der Waals surface area contributed by atoms with Gasteiger partial charge in [-0.3, -0.25) is 9.59 Å². The fraction of sp³-hybridized carbons (Fsp3) is 0.857. The van der Waals surface area contributed by atoms with Crippen molar-refractivity contribution in [2.45, 2.75) is 103 Å². The Hall–Kier alpha value is -1.94. The van der Waals surface area contributed by atoms with Crippen molar-refractivity contribution in [2.24, 2.45) is 0 Å². The largest absolute Gasteiger partial charge is 0.463 e. The summed E-state index contributed by atoms with van der Waals surface area (Å²) in [6.07, 6.45) is 20.6. The molecule has 13 heteroatoms. The Labute approximate surface area is 333 Å². The van der Waals surface area contributed by atoms with E-state index in [-0.39, 0.29) is 25.2 Å². The Kier molecular flexibility index (Phi) is 46.5. The molecule has 0 fully saturated rings. The molecular weight excluding hydrogens is 712 g/mol. The molecule has 0 atom stereocenters. The minimum Gasteiger partial charge on any atom is -0.463 e. The monoisotopic (exact) mass is 791 g/mol. The van der Waals surface area contributed by atoms with Crippen LogP contribution < -0.4 is 0 Å². The van der Waals surface area contributed by atoms with E-state index in [2.05, 4.69) is 13.2 Å². The molecule has 0 spiro atoms. The number of allylic oxidation sites excluding steroid dienone is 2. The first kappa shape index (κ1) is 53.1. The van der Waals surface area contributed by atoms with Crippen LogP contribution in [0.1, 0.15) is 103 Å². The van der Waals surface area contributed by atoms with Crippen molar-refractivity contribution in [2.75, 3.05) is 132 Å². The molecular formula is C42H78O13. The average molecular weight is 791 g/mol. The predicted molar refractivity (Wildman–Crippen MR) is 214 cm³/mol. The summed E-state index contributed by atoms with van der Waals surface area (Å²) in [4.78, 5) is 23.5. The second kappa shape index (κ2) is 48.2. The van der Waals surface area contributed by atoms with Crippen LogP contribution in [0.5, 0.6) is 0 Å². The average Bonchev–Trinajstić information content (AvgIpc) is 3.19. The molecule has 0 aromatic heterocycles. The van der Waals surface area contributed by atoms with Crippen molar-refractivity contribution in [3.63, 3.8) is 0 Å². The standard InChI is InChI=1S/C42H78O13/c1-3-5-7-9-11-13-15-17-19-41(43)54-39-37-52-35-33-50-31-29-48-27-25-46-23-21-45-22-24-47-26-28-49-30-32-51-34-36-53-38-40-55-42(44)20-18-16-14-12-10-8-6-4-2/h3-4H,1-2,5-40H2. The minimum absolute atomic E-state index is 0.154. The maximum absolute atomic E-state index is 11.8. The number of ether oxygens (including phenoxy) is 11. The molecule has 0 aliphatic heterocycles. The third kappa shape index (κ3) is 48.1. The second-order valence-electron chi connectivity index (χ2n) is 12.8. The molecule has 0 bridgehead atoms. The topological polar surface area (TPSA) is 136 Å². The summed E-state index contributed by atoms with van der Waals surface area (Å²) in [5.74, 6) is -0.308. The van der Waals surface area contributed by atoms with E-state index in [1.54, 1.807) is 0 Å². The molecule has 0 amide bonds. The minimum atomic E-state index is -0.154. The van der Waals surface area contributed by atoms with Crippen molar-refractivity contribution in [3.8, 4) is 0 Å². The summed E-state index contributed by atoms with van der Waals surface area (Å²) >= 11 is 0. The number of hydrogen-bond acceptors (Lipinski definition) is 13. The lowest BCUT2D eigenvalue weighted by atomic mass is 10.1. The van der Waals surface area contributed by atoms with E-state index in [1.807, 2.05) is 12.2 Å². The molecule has 0 aliphatic rings. The molecule has 0 heterocycles. The number of rotatable bonds is 48. The number of esters is 2. The van der Waals surface area contributed by atoms with Crippen molar-refractivity contribution < 1.29 is 61.7 Å². The molecule has 324 valence electrons. The van der Waals surface area contributed by atoms with E-state index >= 15 is 0 Å². The highest BCUT2D eigenvalue weighted by atomic mass is 16.6. The van der Waals surface area contributed by atoms with Gasteiger partial charge in [-0.05, 0) is 38.5 Å². The van der Waals surface area contributed by atoms with Crippen LogP contribution in [-0.4, -0.2) is 144 Å². The first-order chi connectivity index (χ1) is 27.2. The highest BCUT2D eigenvalue weighted by Gasteiger charge is 2.04. The maximum Gasteiger partial charge on any atom is 0.305 e.